The fraction of sp³-hybridized carbons (Fsp3) is 0.267. The molecule has 2 aromatic heterocycles. The maximum atomic E-state index is 5.30. The molecule has 0 aliphatic rings. The molecule has 0 amide bonds. The lowest BCUT2D eigenvalue weighted by molar-refractivity contribution is 0.341. The van der Waals surface area contributed by atoms with Gasteiger partial charge in [-0.15, -0.1) is 0 Å². The Bertz CT molecular complexity index is 744. The molecule has 108 valence electrons. The molecule has 3 aromatic rings. The Morgan fingerprint density at radius 1 is 1.05 bits per heavy atom. The highest BCUT2D eigenvalue weighted by atomic mass is 32.2. The minimum Gasteiger partial charge on any atom is -0.361 e. The molecule has 6 heteroatoms. The zero-order valence-electron chi connectivity index (χ0n) is 12.1. The first-order valence-corrected chi connectivity index (χ1v) is 7.58. The van der Waals surface area contributed by atoms with Crippen LogP contribution in [0.15, 0.2) is 38.5 Å². The van der Waals surface area contributed by atoms with Gasteiger partial charge in [0.25, 0.3) is 5.22 Å². The molecule has 2 heterocycles. The lowest BCUT2D eigenvalue weighted by Crippen LogP contribution is -1.86. The summed E-state index contributed by atoms with van der Waals surface area (Å²) in [6.07, 6.45) is 0. The van der Waals surface area contributed by atoms with Gasteiger partial charge in [-0.25, -0.2) is 0 Å². The fourth-order valence-electron chi connectivity index (χ4n) is 2.04. The minimum absolute atomic E-state index is 0.549. The molecule has 0 N–H and O–H groups in total. The number of hydrogen-bond acceptors (Lipinski definition) is 6. The Balaban J connectivity index is 1.76. The molecule has 0 saturated heterocycles. The van der Waals surface area contributed by atoms with Gasteiger partial charge in [0.15, 0.2) is 0 Å². The third kappa shape index (κ3) is 2.85. The fourth-order valence-corrected chi connectivity index (χ4v) is 2.96. The van der Waals surface area contributed by atoms with Gasteiger partial charge in [0.1, 0.15) is 5.76 Å². The average Bonchev–Trinajstić information content (AvgIpc) is 3.05. The molecule has 0 fully saturated rings. The second kappa shape index (κ2) is 5.73. The van der Waals surface area contributed by atoms with Crippen LogP contribution in [0.2, 0.25) is 0 Å². The lowest BCUT2D eigenvalue weighted by atomic mass is 10.1. The largest absolute Gasteiger partial charge is 0.361 e. The molecule has 5 nitrogen and oxygen atoms in total. The Morgan fingerprint density at radius 3 is 2.57 bits per heavy atom. The first-order valence-electron chi connectivity index (χ1n) is 6.59. The number of aromatic nitrogens is 3. The summed E-state index contributed by atoms with van der Waals surface area (Å²) in [6.45, 7) is 5.86. The molecular formula is C15H15N3O2S. The molecule has 1 aromatic carbocycles. The molecule has 0 spiro atoms. The standard InChI is InChI=1S/C15H15N3O2S/c1-9-6-4-5-7-12(9)14-16-15(20-18-14)21-8-13-10(2)17-19-11(13)3/h4-7H,8H2,1-3H3. The van der Waals surface area contributed by atoms with Crippen molar-refractivity contribution in [2.75, 3.05) is 0 Å². The smallest absolute Gasteiger partial charge is 0.286 e. The van der Waals surface area contributed by atoms with E-state index >= 15 is 0 Å². The lowest BCUT2D eigenvalue weighted by Gasteiger charge is -1.98. The number of thioether (sulfide) groups is 1. The van der Waals surface area contributed by atoms with Crippen molar-refractivity contribution in [2.45, 2.75) is 31.7 Å². The van der Waals surface area contributed by atoms with Crippen molar-refractivity contribution in [3.63, 3.8) is 0 Å². The zero-order chi connectivity index (χ0) is 14.8. The summed E-state index contributed by atoms with van der Waals surface area (Å²) in [6, 6.07) is 7.98. The highest BCUT2D eigenvalue weighted by Crippen LogP contribution is 2.27. The van der Waals surface area contributed by atoms with Crippen LogP contribution >= 0.6 is 11.8 Å². The van der Waals surface area contributed by atoms with Crippen LogP contribution in [0.25, 0.3) is 11.4 Å². The van der Waals surface area contributed by atoms with Gasteiger partial charge in [-0.1, -0.05) is 46.3 Å². The number of hydrogen-bond donors (Lipinski definition) is 0. The summed E-state index contributed by atoms with van der Waals surface area (Å²) in [4.78, 5) is 4.43. The van der Waals surface area contributed by atoms with E-state index in [2.05, 4.69) is 15.3 Å². The van der Waals surface area contributed by atoms with Gasteiger partial charge in [0.2, 0.25) is 5.82 Å². The zero-order valence-corrected chi connectivity index (χ0v) is 12.9. The van der Waals surface area contributed by atoms with E-state index in [0.717, 1.165) is 28.1 Å². The van der Waals surface area contributed by atoms with Crippen molar-refractivity contribution < 1.29 is 9.05 Å². The summed E-state index contributed by atoms with van der Waals surface area (Å²) >= 11 is 1.49. The van der Waals surface area contributed by atoms with E-state index in [1.54, 1.807) is 0 Å². The molecule has 0 unspecified atom stereocenters. The van der Waals surface area contributed by atoms with E-state index in [9.17, 15) is 0 Å². The predicted octanol–water partition coefficient (Wildman–Crippen LogP) is 3.94. The van der Waals surface area contributed by atoms with Crippen LogP contribution in [0.3, 0.4) is 0 Å². The first kappa shape index (κ1) is 13.9. The molecule has 0 radical (unpaired) electrons. The summed E-state index contributed by atoms with van der Waals surface area (Å²) < 4.78 is 10.4. The van der Waals surface area contributed by atoms with Gasteiger partial charge >= 0.3 is 0 Å². The SMILES string of the molecule is Cc1ccccc1-c1noc(SCc2c(C)noc2C)n1. The second-order valence-electron chi connectivity index (χ2n) is 4.79. The summed E-state index contributed by atoms with van der Waals surface area (Å²) in [5.41, 5.74) is 4.10. The van der Waals surface area contributed by atoms with Crippen molar-refractivity contribution in [3.8, 4) is 11.4 Å². The van der Waals surface area contributed by atoms with E-state index in [4.69, 9.17) is 9.05 Å². The Kier molecular flexibility index (Phi) is 3.79. The predicted molar refractivity (Wildman–Crippen MR) is 80.0 cm³/mol. The molecule has 0 saturated carbocycles. The molecule has 0 atom stereocenters. The highest BCUT2D eigenvalue weighted by molar-refractivity contribution is 7.98. The van der Waals surface area contributed by atoms with Gasteiger partial charge in [0, 0.05) is 16.9 Å². The molecule has 21 heavy (non-hydrogen) atoms. The van der Waals surface area contributed by atoms with Gasteiger partial charge < -0.3 is 9.05 Å². The van der Waals surface area contributed by atoms with Crippen molar-refractivity contribution in [3.05, 3.63) is 46.8 Å². The Labute approximate surface area is 126 Å². The van der Waals surface area contributed by atoms with Crippen LogP contribution in [0.4, 0.5) is 0 Å². The van der Waals surface area contributed by atoms with Gasteiger partial charge in [-0.2, -0.15) is 4.98 Å². The van der Waals surface area contributed by atoms with Crippen LogP contribution in [0.1, 0.15) is 22.6 Å². The monoisotopic (exact) mass is 301 g/mol. The van der Waals surface area contributed by atoms with E-state index < -0.39 is 0 Å². The van der Waals surface area contributed by atoms with Gasteiger partial charge in [0.05, 0.1) is 5.69 Å². The van der Waals surface area contributed by atoms with E-state index in [1.165, 1.54) is 11.8 Å². The summed E-state index contributed by atoms with van der Waals surface area (Å²) in [5, 5.41) is 8.53. The van der Waals surface area contributed by atoms with Crippen LogP contribution in [0, 0.1) is 20.8 Å². The van der Waals surface area contributed by atoms with Crippen molar-refractivity contribution in [1.29, 1.82) is 0 Å². The third-order valence-corrected chi connectivity index (χ3v) is 4.16. The molecule has 0 bridgehead atoms. The molecular weight excluding hydrogens is 286 g/mol. The average molecular weight is 301 g/mol. The number of nitrogens with zero attached hydrogens (tertiary/aromatic N) is 3. The number of benzene rings is 1. The minimum atomic E-state index is 0.549. The highest BCUT2D eigenvalue weighted by Gasteiger charge is 2.14. The number of rotatable bonds is 4. The normalized spacial score (nSPS) is 11.0. The quantitative estimate of drug-likeness (QED) is 0.680. The first-order chi connectivity index (χ1) is 10.1. The third-order valence-electron chi connectivity index (χ3n) is 3.31. The summed E-state index contributed by atoms with van der Waals surface area (Å²) in [7, 11) is 0. The van der Waals surface area contributed by atoms with Crippen LogP contribution in [-0.2, 0) is 5.75 Å². The van der Waals surface area contributed by atoms with Gasteiger partial charge in [-0.3, -0.25) is 0 Å². The van der Waals surface area contributed by atoms with Crippen LogP contribution in [-0.4, -0.2) is 15.3 Å². The molecule has 0 aliphatic heterocycles. The molecule has 0 aliphatic carbocycles. The maximum absolute atomic E-state index is 5.30. The van der Waals surface area contributed by atoms with Crippen molar-refractivity contribution in [2.24, 2.45) is 0 Å². The van der Waals surface area contributed by atoms with E-state index in [0.29, 0.717) is 16.8 Å². The van der Waals surface area contributed by atoms with Crippen LogP contribution < -0.4 is 0 Å². The topological polar surface area (TPSA) is 65.0 Å². The number of aryl methyl sites for hydroxylation is 3. The van der Waals surface area contributed by atoms with E-state index in [1.807, 2.05) is 45.0 Å². The summed E-state index contributed by atoms with van der Waals surface area (Å²) in [5.74, 6) is 2.16. The van der Waals surface area contributed by atoms with E-state index in [-0.39, 0.29) is 0 Å². The second-order valence-corrected chi connectivity index (χ2v) is 5.72. The maximum Gasteiger partial charge on any atom is 0.286 e. The van der Waals surface area contributed by atoms with Gasteiger partial charge in [-0.05, 0) is 26.3 Å². The molecule has 3 rings (SSSR count). The van der Waals surface area contributed by atoms with Crippen LogP contribution in [0.5, 0.6) is 0 Å². The van der Waals surface area contributed by atoms with Crippen molar-refractivity contribution >= 4 is 11.8 Å². The Hall–Kier alpha value is -2.08. The Morgan fingerprint density at radius 2 is 1.86 bits per heavy atom. The van der Waals surface area contributed by atoms with Crippen molar-refractivity contribution in [1.82, 2.24) is 15.3 Å².